The molecule has 3 N–H and O–H groups in total. The quantitative estimate of drug-likeness (QED) is 0.789. The molecule has 0 bridgehead atoms. The van der Waals surface area contributed by atoms with Gasteiger partial charge in [0, 0.05) is 16.8 Å². The maximum Gasteiger partial charge on any atom is 0.255 e. The van der Waals surface area contributed by atoms with Crippen LogP contribution in [-0.2, 0) is 0 Å². The minimum Gasteiger partial charge on any atom is -0.508 e. The van der Waals surface area contributed by atoms with E-state index in [-0.39, 0.29) is 22.4 Å². The maximum absolute atomic E-state index is 12.0. The largest absolute Gasteiger partial charge is 0.508 e. The summed E-state index contributed by atoms with van der Waals surface area (Å²) in [7, 11) is 0. The summed E-state index contributed by atoms with van der Waals surface area (Å²) in [5, 5.41) is 21.6. The van der Waals surface area contributed by atoms with Gasteiger partial charge in [0.25, 0.3) is 5.91 Å². The third-order valence-electron chi connectivity index (χ3n) is 2.76. The average molecular weight is 278 g/mol. The van der Waals surface area contributed by atoms with Gasteiger partial charge in [0.15, 0.2) is 0 Å². The molecule has 0 saturated carbocycles. The number of carbonyl (C=O) groups excluding carboxylic acids is 1. The van der Waals surface area contributed by atoms with E-state index in [1.807, 2.05) is 0 Å². The molecule has 0 radical (unpaired) electrons. The molecule has 2 aromatic rings. The number of amides is 1. The molecule has 0 aliphatic heterocycles. The van der Waals surface area contributed by atoms with Gasteiger partial charge >= 0.3 is 0 Å². The first-order chi connectivity index (χ1) is 8.99. The number of nitrogens with one attached hydrogen (secondary N) is 1. The summed E-state index contributed by atoms with van der Waals surface area (Å²) in [5.74, 6) is -0.330. The number of benzene rings is 2. The van der Waals surface area contributed by atoms with E-state index in [1.165, 1.54) is 18.2 Å². The number of hydrogen-bond donors (Lipinski definition) is 3. The van der Waals surface area contributed by atoms with Crippen LogP contribution in [0.4, 0.5) is 5.69 Å². The second-order valence-electron chi connectivity index (χ2n) is 4.07. The molecule has 2 rings (SSSR count). The van der Waals surface area contributed by atoms with E-state index in [9.17, 15) is 15.0 Å². The van der Waals surface area contributed by atoms with Gasteiger partial charge in [-0.2, -0.15) is 0 Å². The Balaban J connectivity index is 2.26. The predicted molar refractivity (Wildman–Crippen MR) is 73.9 cm³/mol. The third kappa shape index (κ3) is 2.80. The summed E-state index contributed by atoms with van der Waals surface area (Å²) < 4.78 is 0. The van der Waals surface area contributed by atoms with Crippen molar-refractivity contribution >= 4 is 23.2 Å². The molecular weight excluding hydrogens is 266 g/mol. The van der Waals surface area contributed by atoms with E-state index < -0.39 is 0 Å². The molecule has 0 saturated heterocycles. The number of rotatable bonds is 2. The first-order valence-corrected chi connectivity index (χ1v) is 5.95. The Kier molecular flexibility index (Phi) is 3.62. The second kappa shape index (κ2) is 5.20. The van der Waals surface area contributed by atoms with E-state index in [0.717, 1.165) is 0 Å². The van der Waals surface area contributed by atoms with Crippen molar-refractivity contribution < 1.29 is 15.0 Å². The predicted octanol–water partition coefficient (Wildman–Crippen LogP) is 3.31. The second-order valence-corrected chi connectivity index (χ2v) is 4.48. The van der Waals surface area contributed by atoms with Gasteiger partial charge in [-0.05, 0) is 37.3 Å². The van der Waals surface area contributed by atoms with E-state index in [2.05, 4.69) is 5.32 Å². The van der Waals surface area contributed by atoms with Crippen LogP contribution < -0.4 is 5.32 Å². The SMILES string of the molecule is Cc1c(O)cccc1NC(=O)c1ccc(O)c(Cl)c1. The lowest BCUT2D eigenvalue weighted by Crippen LogP contribution is -2.12. The van der Waals surface area contributed by atoms with Crippen molar-refractivity contribution in [3.8, 4) is 11.5 Å². The Morgan fingerprint density at radius 2 is 1.89 bits per heavy atom. The van der Waals surface area contributed by atoms with Crippen LogP contribution in [0.5, 0.6) is 11.5 Å². The summed E-state index contributed by atoms with van der Waals surface area (Å²) >= 11 is 5.75. The molecule has 0 aliphatic rings. The molecule has 0 heterocycles. The summed E-state index contributed by atoms with van der Waals surface area (Å²) in [5.41, 5.74) is 1.43. The zero-order chi connectivity index (χ0) is 14.0. The van der Waals surface area contributed by atoms with Gasteiger partial charge in [0.2, 0.25) is 0 Å². The fourth-order valence-electron chi connectivity index (χ4n) is 1.60. The Morgan fingerprint density at radius 1 is 1.16 bits per heavy atom. The number of phenolic OH excluding ortho intramolecular Hbond substituents is 2. The van der Waals surface area contributed by atoms with Crippen LogP contribution in [0.25, 0.3) is 0 Å². The Hall–Kier alpha value is -2.20. The van der Waals surface area contributed by atoms with Gasteiger partial charge in [0.05, 0.1) is 5.02 Å². The topological polar surface area (TPSA) is 69.6 Å². The molecule has 19 heavy (non-hydrogen) atoms. The smallest absolute Gasteiger partial charge is 0.255 e. The van der Waals surface area contributed by atoms with Crippen molar-refractivity contribution in [3.05, 3.63) is 52.5 Å². The normalized spacial score (nSPS) is 10.2. The minimum absolute atomic E-state index is 0.0771. The Morgan fingerprint density at radius 3 is 2.58 bits per heavy atom. The molecule has 1 amide bonds. The third-order valence-corrected chi connectivity index (χ3v) is 3.07. The van der Waals surface area contributed by atoms with Gasteiger partial charge < -0.3 is 15.5 Å². The standard InChI is InChI=1S/C14H12ClNO3/c1-8-11(3-2-4-12(8)17)16-14(19)9-5-6-13(18)10(15)7-9/h2-7,17-18H,1H3,(H,16,19). The van der Waals surface area contributed by atoms with E-state index >= 15 is 0 Å². The average Bonchev–Trinajstić information content (AvgIpc) is 2.38. The number of anilines is 1. The van der Waals surface area contributed by atoms with Crippen LogP contribution in [0, 0.1) is 6.92 Å². The summed E-state index contributed by atoms with van der Waals surface area (Å²) in [4.78, 5) is 12.0. The molecule has 0 fully saturated rings. The van der Waals surface area contributed by atoms with Crippen LogP contribution in [0.15, 0.2) is 36.4 Å². The van der Waals surface area contributed by atoms with Gasteiger partial charge in [-0.3, -0.25) is 4.79 Å². The van der Waals surface area contributed by atoms with Crippen LogP contribution in [-0.4, -0.2) is 16.1 Å². The fourth-order valence-corrected chi connectivity index (χ4v) is 1.78. The van der Waals surface area contributed by atoms with Crippen molar-refractivity contribution in [3.63, 3.8) is 0 Å². The zero-order valence-electron chi connectivity index (χ0n) is 10.1. The van der Waals surface area contributed by atoms with E-state index in [0.29, 0.717) is 16.8 Å². The number of aromatic hydroxyl groups is 2. The molecule has 5 heteroatoms. The van der Waals surface area contributed by atoms with Gasteiger partial charge in [-0.25, -0.2) is 0 Å². The lowest BCUT2D eigenvalue weighted by Gasteiger charge is -2.09. The fraction of sp³-hybridized carbons (Fsp3) is 0.0714. The summed E-state index contributed by atoms with van der Waals surface area (Å²) in [6.07, 6.45) is 0. The summed E-state index contributed by atoms with van der Waals surface area (Å²) in [6.45, 7) is 1.70. The highest BCUT2D eigenvalue weighted by Gasteiger charge is 2.11. The molecule has 98 valence electrons. The Labute approximate surface area is 115 Å². The van der Waals surface area contributed by atoms with Crippen LogP contribution >= 0.6 is 11.6 Å². The molecule has 0 spiro atoms. The van der Waals surface area contributed by atoms with Crippen LogP contribution in [0.1, 0.15) is 15.9 Å². The van der Waals surface area contributed by atoms with Gasteiger partial charge in [-0.1, -0.05) is 17.7 Å². The van der Waals surface area contributed by atoms with Crippen molar-refractivity contribution in [2.75, 3.05) is 5.32 Å². The monoisotopic (exact) mass is 277 g/mol. The number of carbonyl (C=O) groups is 1. The highest BCUT2D eigenvalue weighted by molar-refractivity contribution is 6.32. The maximum atomic E-state index is 12.0. The van der Waals surface area contributed by atoms with Crippen molar-refractivity contribution in [1.82, 2.24) is 0 Å². The number of phenols is 2. The molecule has 0 atom stereocenters. The number of halogens is 1. The van der Waals surface area contributed by atoms with Crippen molar-refractivity contribution in [2.24, 2.45) is 0 Å². The first kappa shape index (κ1) is 13.2. The highest BCUT2D eigenvalue weighted by Crippen LogP contribution is 2.26. The molecule has 0 aromatic heterocycles. The van der Waals surface area contributed by atoms with Gasteiger partial charge in [-0.15, -0.1) is 0 Å². The zero-order valence-corrected chi connectivity index (χ0v) is 10.9. The molecular formula is C14H12ClNO3. The van der Waals surface area contributed by atoms with Crippen molar-refractivity contribution in [2.45, 2.75) is 6.92 Å². The summed E-state index contributed by atoms with van der Waals surface area (Å²) in [6, 6.07) is 9.07. The lowest BCUT2D eigenvalue weighted by atomic mass is 10.1. The van der Waals surface area contributed by atoms with Crippen LogP contribution in [0.3, 0.4) is 0 Å². The molecule has 2 aromatic carbocycles. The van der Waals surface area contributed by atoms with E-state index in [4.69, 9.17) is 11.6 Å². The first-order valence-electron chi connectivity index (χ1n) is 5.57. The Bertz CT molecular complexity index is 641. The molecule has 0 unspecified atom stereocenters. The highest BCUT2D eigenvalue weighted by atomic mass is 35.5. The van der Waals surface area contributed by atoms with Crippen molar-refractivity contribution in [1.29, 1.82) is 0 Å². The lowest BCUT2D eigenvalue weighted by molar-refractivity contribution is 0.102. The number of hydrogen-bond acceptors (Lipinski definition) is 3. The minimum atomic E-state index is -0.365. The van der Waals surface area contributed by atoms with E-state index in [1.54, 1.807) is 25.1 Å². The molecule has 0 aliphatic carbocycles. The van der Waals surface area contributed by atoms with Gasteiger partial charge in [0.1, 0.15) is 11.5 Å². The molecule has 4 nitrogen and oxygen atoms in total. The van der Waals surface area contributed by atoms with Crippen LogP contribution in [0.2, 0.25) is 5.02 Å².